The van der Waals surface area contributed by atoms with Gasteiger partial charge in [0.25, 0.3) is 0 Å². The van der Waals surface area contributed by atoms with Gasteiger partial charge in [0.1, 0.15) is 53.5 Å². The van der Waals surface area contributed by atoms with Crippen LogP contribution in [-0.4, -0.2) is 350 Å². The molecule has 6 heterocycles. The predicted molar refractivity (Wildman–Crippen MR) is 489 cm³/mol. The molecule has 744 valence electrons. The number of Topliss-reactive ketones (excluding diaryl/α,β-unsaturated/α-hetero) is 1. The van der Waals surface area contributed by atoms with Gasteiger partial charge >= 0.3 is 11.9 Å². The van der Waals surface area contributed by atoms with Gasteiger partial charge in [-0.05, 0) is 121 Å². The van der Waals surface area contributed by atoms with E-state index in [0.717, 1.165) is 11.3 Å². The number of hydrogen-bond acceptors (Lipinski definition) is 33. The lowest BCUT2D eigenvalue weighted by atomic mass is 9.73. The highest BCUT2D eigenvalue weighted by molar-refractivity contribution is 15.0. The number of aliphatic hydroxyl groups is 6. The van der Waals surface area contributed by atoms with Crippen LogP contribution < -0.4 is 4.90 Å². The van der Waals surface area contributed by atoms with E-state index in [-0.39, 0.29) is 55.8 Å². The number of halogens is 2. The molecular formula is C88H159I2N3O32S2. The predicted octanol–water partition coefficient (Wildman–Crippen LogP) is 6.86. The second kappa shape index (κ2) is 50.7. The molecule has 0 aromatic carbocycles. The van der Waals surface area contributed by atoms with Crippen LogP contribution in [-0.2, 0) is 115 Å². The third kappa shape index (κ3) is 32.4. The van der Waals surface area contributed by atoms with E-state index in [9.17, 15) is 45.0 Å². The first kappa shape index (κ1) is 119. The second-order valence-electron chi connectivity index (χ2n) is 38.2. The van der Waals surface area contributed by atoms with Crippen LogP contribution in [0.3, 0.4) is 0 Å². The van der Waals surface area contributed by atoms with Crippen LogP contribution in [0.15, 0.2) is 41.6 Å². The Morgan fingerprint density at radius 1 is 0.512 bits per heavy atom. The van der Waals surface area contributed by atoms with Crippen molar-refractivity contribution >= 4 is 80.9 Å². The number of hydrogen-bond donors (Lipinski definition) is 7. The Kier molecular flexibility index (Phi) is 47.4. The minimum absolute atomic E-state index is 0.0168. The average Bonchev–Trinajstić information content (AvgIpc) is 0.794. The van der Waals surface area contributed by atoms with E-state index in [1.54, 1.807) is 97.7 Å². The number of methoxy groups -OCH3 is 6. The zero-order valence-corrected chi connectivity index (χ0v) is 87.2. The van der Waals surface area contributed by atoms with Gasteiger partial charge in [-0.25, -0.2) is 16.8 Å². The summed E-state index contributed by atoms with van der Waals surface area (Å²) in [4.78, 5) is 50.0. The van der Waals surface area contributed by atoms with Crippen LogP contribution in [0.4, 0.5) is 0 Å². The van der Waals surface area contributed by atoms with Crippen LogP contribution in [0.25, 0.3) is 0 Å². The SMILES string of the molecule is CC[C@H]1OC(=O)[C@H](C)[C@@H](O[C@H]2C[C@@](C)(OC)[C@@H](O)[C@H](C)O2)[C@H](C)[C@@H](O[C@@H]2O[C@H](C)C[C@H]([NH+](C)C)[C@H]2O)[C@@](C)(OC)C[C@H](C)C(=O)[C@H](C)[C@@H](O)[C@]1(C)O.CC[C@H]1OC(=O)[C@H](C)[C@@H](O[C@H]2C[C@@](C)(OC)[C@@H](OC)[C@H](C)O2)[C@H](C)[C@@H](O[C@@H]2O[C@H](C)C[C@H]([N+](C)(C)C)[C@H]2OC)[C@@](C)(OC)C[C@H](C)/C(=N\OC2C=CC=CC=C2)[C@H](C)[C@@H](O)[C@]1(C)O.CS(=O)(=O)[O-].CS(=O)(=O)[O-].II. The maximum atomic E-state index is 14.7. The van der Waals surface area contributed by atoms with Crippen molar-refractivity contribution in [1.29, 1.82) is 0 Å². The summed E-state index contributed by atoms with van der Waals surface area (Å²) in [5.74, 6) is -7.82. The van der Waals surface area contributed by atoms with Gasteiger partial charge in [-0.3, -0.25) is 14.4 Å². The van der Waals surface area contributed by atoms with Crippen LogP contribution >= 0.6 is 37.2 Å². The summed E-state index contributed by atoms with van der Waals surface area (Å²) in [6, 6.07) is -0.183. The van der Waals surface area contributed by atoms with Gasteiger partial charge in [0.15, 0.2) is 43.5 Å². The third-order valence-electron chi connectivity index (χ3n) is 26.7. The highest BCUT2D eigenvalue weighted by Crippen LogP contribution is 2.46. The van der Waals surface area contributed by atoms with Crippen LogP contribution in [0.2, 0.25) is 0 Å². The van der Waals surface area contributed by atoms with E-state index in [4.69, 9.17) is 112 Å². The van der Waals surface area contributed by atoms with Gasteiger partial charge in [0.2, 0.25) is 0 Å². The summed E-state index contributed by atoms with van der Waals surface area (Å²) in [5.41, 5.74) is -7.58. The fraction of sp³-hybridized carbons (Fsp3) is 0.886. The molecule has 0 aromatic rings. The number of carbonyl (C=O) groups excluding carboxylic acids is 3. The summed E-state index contributed by atoms with van der Waals surface area (Å²) in [6.45, 7) is 35.8. The monoisotopic (exact) mass is 2090 g/mol. The van der Waals surface area contributed by atoms with Crippen molar-refractivity contribution in [2.75, 3.05) is 90.4 Å². The molecule has 0 bridgehead atoms. The zero-order valence-electron chi connectivity index (χ0n) is 81.3. The molecule has 6 saturated heterocycles. The quantitative estimate of drug-likeness (QED) is 0.0215. The van der Waals surface area contributed by atoms with Gasteiger partial charge in [-0.1, -0.05) is 84.8 Å². The first-order valence-corrected chi connectivity index (χ1v) is 53.8. The third-order valence-corrected chi connectivity index (χ3v) is 26.7. The fourth-order valence-corrected chi connectivity index (χ4v) is 19.1. The Bertz CT molecular complexity index is 3670. The molecule has 7 N–H and O–H groups in total. The maximum Gasteiger partial charge on any atom is 0.311 e. The molecule has 127 heavy (non-hydrogen) atoms. The lowest BCUT2D eigenvalue weighted by molar-refractivity contribution is -0.903. The van der Waals surface area contributed by atoms with Crippen molar-refractivity contribution in [2.45, 2.75) is 364 Å². The summed E-state index contributed by atoms with van der Waals surface area (Å²) < 4.78 is 157. The number of ether oxygens (including phenoxy) is 16. The van der Waals surface area contributed by atoms with E-state index in [2.05, 4.69) is 58.4 Å². The van der Waals surface area contributed by atoms with E-state index in [0.29, 0.717) is 42.0 Å². The highest BCUT2D eigenvalue weighted by Gasteiger charge is 2.59. The largest absolute Gasteiger partial charge is 0.748 e. The molecular weight excluding hydrogens is 1930 g/mol. The van der Waals surface area contributed by atoms with Gasteiger partial charge in [-0.15, -0.1) is 0 Å². The summed E-state index contributed by atoms with van der Waals surface area (Å²) in [6.07, 6.45) is -2.43. The number of esters is 2. The number of aliphatic hydroxyl groups excluding tert-OH is 4. The Morgan fingerprint density at radius 2 is 0.898 bits per heavy atom. The molecule has 0 spiro atoms. The molecule has 35 nitrogen and oxygen atoms in total. The number of carbonyl (C=O) groups is 3. The minimum atomic E-state index is -3.92. The number of oxime groups is 1. The summed E-state index contributed by atoms with van der Waals surface area (Å²) >= 11 is 4.24. The van der Waals surface area contributed by atoms with Crippen molar-refractivity contribution in [2.24, 2.45) is 52.5 Å². The number of quaternary nitrogens is 2. The number of rotatable bonds is 20. The molecule has 39 heteroatoms. The van der Waals surface area contributed by atoms with Crippen molar-refractivity contribution in [1.82, 2.24) is 0 Å². The zero-order chi connectivity index (χ0) is 97.9. The topological polar surface area (TPSA) is 461 Å². The molecule has 0 amide bonds. The number of likely N-dealkylation sites (N-methyl/N-ethyl adjacent to an activating group) is 2. The Labute approximate surface area is 780 Å². The molecule has 0 saturated carbocycles. The first-order chi connectivity index (χ1) is 58.4. The number of allylic oxidation sites excluding steroid dienone is 4. The lowest BCUT2D eigenvalue weighted by Gasteiger charge is -2.51. The standard InChI is InChI=1S/C48H83N2O13.C38H69NO13.2CH4O3S.I2/c1-18-36-48(10,53)41(51)30(4)38(49-63-34-23-21-19-20-22-24-34)28(2)26-46(8,56-16)42(62-45-40(54-14)35(50(11,12)13)25-29(3)58-45)31(5)39(32(6)44(52)60-36)61-37-27-47(9,57-17)43(55-15)33(7)59-37;1-15-26-38(10,45)31(42)21(4)28(40)19(2)17-37(9,47-14)33(52-35-29(41)25(39(11)12)16-20(3)48-35)22(5)30(23(6)34(44)50-26)51-27-18-36(8,46-13)32(43)24(7)49-27;2*1-5(2,3)4;1-2/h19-24,28-37,39-43,45,51,53H,18,25-27H2,1-17H3;19-27,29-33,35,41-43,45H,15-18H2,1-14H3;2*1H3,(H,2,3,4);/q+1;;;;/p-1/b49-38+;;;;/t28-,29+,30-,31-,32+,33-,35-,36+,37-,39-,40+,41+,42+,43-,45-,46-,47+,48+;19-,20+,21-,22-,23+,24-,25-,26+,27-,29+,30-,31+,32-,33+,35-,36+,37-,38+;;;/m00.../s1. The van der Waals surface area contributed by atoms with E-state index in [1.165, 1.54) is 28.1 Å². The number of cyclic esters (lactones) is 2. The highest BCUT2D eigenvalue weighted by atomic mass is 128. The molecule has 0 aromatic heterocycles. The van der Waals surface area contributed by atoms with E-state index >= 15 is 0 Å². The minimum Gasteiger partial charge on any atom is -0.748 e. The molecule has 1 aliphatic carbocycles. The summed E-state index contributed by atoms with van der Waals surface area (Å²) in [7, 11) is 12.1. The molecule has 6 fully saturated rings. The smallest absolute Gasteiger partial charge is 0.311 e. The maximum absolute atomic E-state index is 14.7. The Balaban J connectivity index is 0.000000589. The molecule has 7 aliphatic rings. The van der Waals surface area contributed by atoms with Crippen molar-refractivity contribution in [3.8, 4) is 0 Å². The lowest BCUT2D eigenvalue weighted by Crippen LogP contribution is -3.12. The molecule has 7 rings (SSSR count). The van der Waals surface area contributed by atoms with Crippen LogP contribution in [0, 0.1) is 47.3 Å². The van der Waals surface area contributed by atoms with Crippen molar-refractivity contribution < 1.29 is 161 Å². The first-order valence-electron chi connectivity index (χ1n) is 43.9. The normalized spacial score (nSPS) is 43.1. The van der Waals surface area contributed by atoms with Gasteiger partial charge in [0, 0.05) is 154 Å². The average molecular weight is 2090 g/mol. The molecule has 36 atom stereocenters. The molecule has 6 aliphatic heterocycles. The van der Waals surface area contributed by atoms with Gasteiger partial charge in [-0.2, -0.15) is 0 Å². The van der Waals surface area contributed by atoms with Gasteiger partial charge in [0.05, 0.1) is 156 Å². The number of nitrogens with zero attached hydrogens (tertiary/aromatic N) is 2. The van der Waals surface area contributed by atoms with E-state index in [1.807, 2.05) is 106 Å². The number of ketones is 1. The number of nitrogens with one attached hydrogen (secondary N) is 1. The molecule has 0 radical (unpaired) electrons. The van der Waals surface area contributed by atoms with Crippen LogP contribution in [0.1, 0.15) is 190 Å². The van der Waals surface area contributed by atoms with Crippen LogP contribution in [0.5, 0.6) is 0 Å². The Morgan fingerprint density at radius 3 is 1.30 bits per heavy atom. The van der Waals surface area contributed by atoms with Gasteiger partial charge < -0.3 is 130 Å². The second-order valence-corrected chi connectivity index (χ2v) is 41.1. The fourth-order valence-electron chi connectivity index (χ4n) is 19.1. The Hall–Kier alpha value is -2.30. The van der Waals surface area contributed by atoms with E-state index < -0.39 is 230 Å². The van der Waals surface area contributed by atoms with Crippen molar-refractivity contribution in [3.05, 3.63) is 36.5 Å². The van der Waals surface area contributed by atoms with Crippen molar-refractivity contribution in [3.63, 3.8) is 0 Å². The molecule has 0 unspecified atom stereocenters. The summed E-state index contributed by atoms with van der Waals surface area (Å²) in [5, 5.41) is 74.7.